The molecule has 1 amide bonds. The van der Waals surface area contributed by atoms with Gasteiger partial charge >= 0.3 is 0 Å². The van der Waals surface area contributed by atoms with E-state index >= 15 is 0 Å². The van der Waals surface area contributed by atoms with Crippen LogP contribution in [0.25, 0.3) is 0 Å². The maximum absolute atomic E-state index is 12.7. The van der Waals surface area contributed by atoms with E-state index in [9.17, 15) is 4.79 Å². The summed E-state index contributed by atoms with van der Waals surface area (Å²) in [5.74, 6) is 1.36. The second-order valence-electron chi connectivity index (χ2n) is 5.29. The molecule has 0 N–H and O–H groups in total. The van der Waals surface area contributed by atoms with Crippen molar-refractivity contribution in [2.45, 2.75) is 39.7 Å². The number of hydrogen-bond acceptors (Lipinski definition) is 2. The molecule has 0 aromatic heterocycles. The fourth-order valence-corrected chi connectivity index (χ4v) is 2.70. The molecule has 0 unspecified atom stereocenters. The lowest BCUT2D eigenvalue weighted by Crippen LogP contribution is -2.46. The average molecular weight is 261 g/mol. The molecule has 3 heteroatoms. The Hall–Kier alpha value is -1.51. The minimum Gasteiger partial charge on any atom is -0.493 e. The minimum atomic E-state index is 0.100. The molecule has 2 atom stereocenters. The van der Waals surface area contributed by atoms with Gasteiger partial charge in [0.15, 0.2) is 0 Å². The van der Waals surface area contributed by atoms with Crippen molar-refractivity contribution < 1.29 is 9.53 Å². The van der Waals surface area contributed by atoms with Crippen LogP contribution in [0.2, 0.25) is 0 Å². The summed E-state index contributed by atoms with van der Waals surface area (Å²) < 4.78 is 5.56. The molecule has 3 nitrogen and oxygen atoms in total. The number of carbonyl (C=O) groups excluding carboxylic acids is 1. The molecule has 1 aromatic carbocycles. The first-order chi connectivity index (χ1) is 9.15. The maximum Gasteiger partial charge on any atom is 0.257 e. The predicted octanol–water partition coefficient (Wildman–Crippen LogP) is 3.35. The summed E-state index contributed by atoms with van der Waals surface area (Å²) in [6.07, 6.45) is 2.30. The number of likely N-dealkylation sites (tertiary alicyclic amines) is 1. The summed E-state index contributed by atoms with van der Waals surface area (Å²) in [5, 5.41) is 0. The van der Waals surface area contributed by atoms with Crippen molar-refractivity contribution in [3.8, 4) is 5.75 Å². The number of carbonyl (C=O) groups is 1. The molecule has 1 aromatic rings. The van der Waals surface area contributed by atoms with Crippen LogP contribution in [0.5, 0.6) is 5.75 Å². The Morgan fingerprint density at radius 2 is 2.11 bits per heavy atom. The Balaban J connectivity index is 2.23. The third-order valence-corrected chi connectivity index (χ3v) is 4.05. The van der Waals surface area contributed by atoms with Gasteiger partial charge in [-0.25, -0.2) is 0 Å². The second-order valence-corrected chi connectivity index (χ2v) is 5.29. The number of amides is 1. The summed E-state index contributed by atoms with van der Waals surface area (Å²) in [6, 6.07) is 7.84. The lowest BCUT2D eigenvalue weighted by Gasteiger charge is -2.38. The quantitative estimate of drug-likeness (QED) is 0.835. The summed E-state index contributed by atoms with van der Waals surface area (Å²) in [7, 11) is 0. The van der Waals surface area contributed by atoms with Crippen LogP contribution in [0, 0.1) is 5.92 Å². The van der Waals surface area contributed by atoms with E-state index in [0.717, 1.165) is 13.0 Å². The zero-order valence-corrected chi connectivity index (χ0v) is 12.1. The molecule has 0 radical (unpaired) electrons. The van der Waals surface area contributed by atoms with Crippen LogP contribution in [0.1, 0.15) is 44.0 Å². The summed E-state index contributed by atoms with van der Waals surface area (Å²) in [4.78, 5) is 14.7. The fraction of sp³-hybridized carbons (Fsp3) is 0.562. The summed E-state index contributed by atoms with van der Waals surface area (Å²) in [6.45, 7) is 7.73. The molecular formula is C16H23NO2. The van der Waals surface area contributed by atoms with Gasteiger partial charge in [-0.1, -0.05) is 19.1 Å². The van der Waals surface area contributed by atoms with Crippen LogP contribution in [0.15, 0.2) is 24.3 Å². The summed E-state index contributed by atoms with van der Waals surface area (Å²) >= 11 is 0. The highest BCUT2D eigenvalue weighted by atomic mass is 16.5. The molecule has 1 heterocycles. The molecule has 2 rings (SSSR count). The van der Waals surface area contributed by atoms with Gasteiger partial charge in [-0.3, -0.25) is 4.79 Å². The molecule has 104 valence electrons. The Morgan fingerprint density at radius 3 is 2.84 bits per heavy atom. The number of para-hydroxylation sites is 1. The highest BCUT2D eigenvalue weighted by molar-refractivity contribution is 5.97. The Bertz CT molecular complexity index is 444. The standard InChI is InChI=1S/C16H23NO2/c1-4-19-15-10-6-5-9-14(15)16(18)17-11-7-8-12(2)13(17)3/h5-6,9-10,12-13H,4,7-8,11H2,1-3H3/t12-,13+/m1/s1. The maximum atomic E-state index is 12.7. The number of nitrogens with zero attached hydrogens (tertiary/aromatic N) is 1. The van der Waals surface area contributed by atoms with Crippen molar-refractivity contribution in [2.24, 2.45) is 5.92 Å². The number of rotatable bonds is 3. The van der Waals surface area contributed by atoms with Gasteiger partial charge in [-0.2, -0.15) is 0 Å². The van der Waals surface area contributed by atoms with Gasteiger partial charge in [0.1, 0.15) is 5.75 Å². The smallest absolute Gasteiger partial charge is 0.257 e. The third kappa shape index (κ3) is 2.91. The third-order valence-electron chi connectivity index (χ3n) is 4.05. The Kier molecular flexibility index (Phi) is 4.46. The largest absolute Gasteiger partial charge is 0.493 e. The van der Waals surface area contributed by atoms with Crippen LogP contribution in [-0.4, -0.2) is 30.0 Å². The Labute approximate surface area is 115 Å². The van der Waals surface area contributed by atoms with E-state index in [1.807, 2.05) is 36.1 Å². The highest BCUT2D eigenvalue weighted by Gasteiger charge is 2.30. The molecule has 1 fully saturated rings. The molecule has 0 aliphatic carbocycles. The lowest BCUT2D eigenvalue weighted by molar-refractivity contribution is 0.0547. The van der Waals surface area contributed by atoms with Crippen molar-refractivity contribution >= 4 is 5.91 Å². The van der Waals surface area contributed by atoms with Crippen molar-refractivity contribution in [2.75, 3.05) is 13.2 Å². The van der Waals surface area contributed by atoms with E-state index in [4.69, 9.17) is 4.74 Å². The first-order valence-corrected chi connectivity index (χ1v) is 7.18. The van der Waals surface area contributed by atoms with Crippen LogP contribution in [0.3, 0.4) is 0 Å². The number of piperidine rings is 1. The van der Waals surface area contributed by atoms with Crippen molar-refractivity contribution in [1.29, 1.82) is 0 Å². The first-order valence-electron chi connectivity index (χ1n) is 7.18. The molecule has 1 aliphatic rings. The molecule has 1 aliphatic heterocycles. The SMILES string of the molecule is CCOc1ccccc1C(=O)N1CCC[C@@H](C)[C@@H]1C. The van der Waals surface area contributed by atoms with Crippen LogP contribution < -0.4 is 4.74 Å². The molecule has 0 bridgehead atoms. The zero-order chi connectivity index (χ0) is 13.8. The minimum absolute atomic E-state index is 0.100. The Morgan fingerprint density at radius 1 is 1.37 bits per heavy atom. The zero-order valence-electron chi connectivity index (χ0n) is 12.1. The number of ether oxygens (including phenoxy) is 1. The van der Waals surface area contributed by atoms with Crippen LogP contribution in [-0.2, 0) is 0 Å². The molecular weight excluding hydrogens is 238 g/mol. The molecule has 0 saturated carbocycles. The van der Waals surface area contributed by atoms with Gasteiger partial charge in [0.05, 0.1) is 12.2 Å². The molecule has 1 saturated heterocycles. The summed E-state index contributed by atoms with van der Waals surface area (Å²) in [5.41, 5.74) is 0.685. The van der Waals surface area contributed by atoms with E-state index < -0.39 is 0 Å². The van der Waals surface area contributed by atoms with Gasteiger partial charge in [0.2, 0.25) is 0 Å². The first kappa shape index (κ1) is 13.9. The van der Waals surface area contributed by atoms with Gasteiger partial charge in [0.25, 0.3) is 5.91 Å². The van der Waals surface area contributed by atoms with Gasteiger partial charge in [-0.05, 0) is 44.7 Å². The van der Waals surface area contributed by atoms with Gasteiger partial charge < -0.3 is 9.64 Å². The monoisotopic (exact) mass is 261 g/mol. The van der Waals surface area contributed by atoms with Crippen molar-refractivity contribution in [3.05, 3.63) is 29.8 Å². The van der Waals surface area contributed by atoms with Crippen molar-refractivity contribution in [3.63, 3.8) is 0 Å². The normalized spacial score (nSPS) is 23.2. The van der Waals surface area contributed by atoms with E-state index in [2.05, 4.69) is 13.8 Å². The predicted molar refractivity (Wildman–Crippen MR) is 76.5 cm³/mol. The van der Waals surface area contributed by atoms with Crippen LogP contribution >= 0.6 is 0 Å². The van der Waals surface area contributed by atoms with E-state index in [1.54, 1.807) is 0 Å². The lowest BCUT2D eigenvalue weighted by atomic mass is 9.91. The number of hydrogen-bond donors (Lipinski definition) is 0. The molecule has 0 spiro atoms. The van der Waals surface area contributed by atoms with E-state index in [1.165, 1.54) is 6.42 Å². The molecule has 19 heavy (non-hydrogen) atoms. The van der Waals surface area contributed by atoms with Gasteiger partial charge in [0, 0.05) is 12.6 Å². The average Bonchev–Trinajstić information content (AvgIpc) is 2.42. The number of benzene rings is 1. The van der Waals surface area contributed by atoms with E-state index in [-0.39, 0.29) is 5.91 Å². The highest BCUT2D eigenvalue weighted by Crippen LogP contribution is 2.27. The second kappa shape index (κ2) is 6.09. The topological polar surface area (TPSA) is 29.5 Å². The van der Waals surface area contributed by atoms with Crippen molar-refractivity contribution in [1.82, 2.24) is 4.90 Å². The van der Waals surface area contributed by atoms with Gasteiger partial charge in [-0.15, -0.1) is 0 Å². The fourth-order valence-electron chi connectivity index (χ4n) is 2.70. The van der Waals surface area contributed by atoms with E-state index in [0.29, 0.717) is 29.9 Å². The van der Waals surface area contributed by atoms with Crippen LogP contribution in [0.4, 0.5) is 0 Å².